The first-order valence-corrected chi connectivity index (χ1v) is 35.9. The summed E-state index contributed by atoms with van der Waals surface area (Å²) >= 11 is 0. The summed E-state index contributed by atoms with van der Waals surface area (Å²) in [5, 5.41) is 40.4. The Morgan fingerprint density at radius 1 is 0.772 bits per heavy atom. The lowest BCUT2D eigenvalue weighted by molar-refractivity contribution is -0.265. The Kier molecular flexibility index (Phi) is 34.5. The molecule has 101 heavy (non-hydrogen) atoms. The Morgan fingerprint density at radius 2 is 1.48 bits per heavy atom. The Hall–Kier alpha value is -6.44. The number of nitrogens with one attached hydrogen (secondary N) is 2. The highest BCUT2D eigenvalue weighted by atomic mass is 16.6. The zero-order chi connectivity index (χ0) is 73.9. The van der Waals surface area contributed by atoms with Gasteiger partial charge in [0.05, 0.1) is 63.9 Å². The predicted molar refractivity (Wildman–Crippen MR) is 374 cm³/mol. The molecule has 7 N–H and O–H groups in total. The van der Waals surface area contributed by atoms with Crippen LogP contribution in [-0.2, 0) is 78.0 Å². The van der Waals surface area contributed by atoms with Crippen LogP contribution in [0.1, 0.15) is 138 Å². The summed E-state index contributed by atoms with van der Waals surface area (Å²) in [6, 6.07) is -2.06. The molecular formula is C73H115N9O19. The number of methoxy groups -OCH3 is 3. The number of ether oxygens (including phenoxy) is 8. The van der Waals surface area contributed by atoms with Crippen molar-refractivity contribution in [3.63, 3.8) is 0 Å². The van der Waals surface area contributed by atoms with E-state index in [4.69, 9.17) is 43.6 Å². The lowest BCUT2D eigenvalue weighted by Crippen LogP contribution is -2.61. The van der Waals surface area contributed by atoms with Crippen LogP contribution in [0.25, 0.3) is 0 Å². The molecule has 28 nitrogen and oxygen atoms in total. The highest BCUT2D eigenvalue weighted by molar-refractivity contribution is 6.39. The van der Waals surface area contributed by atoms with Crippen molar-refractivity contribution in [2.75, 3.05) is 112 Å². The Labute approximate surface area is 595 Å². The number of likely N-dealkylation sites (N-methyl/N-ethyl adjacent to an activating group) is 1. The molecule has 5 aliphatic rings. The van der Waals surface area contributed by atoms with Gasteiger partial charge in [0.1, 0.15) is 36.2 Å². The third-order valence-electron chi connectivity index (χ3n) is 20.1. The summed E-state index contributed by atoms with van der Waals surface area (Å²) in [5.74, 6) is -7.86. The number of fused-ring (bicyclic) bond motifs is 3. The molecule has 4 aliphatic heterocycles. The fraction of sp³-hybridized carbons (Fsp3) is 0.726. The normalized spacial score (nSPS) is 30.9. The van der Waals surface area contributed by atoms with E-state index in [-0.39, 0.29) is 74.9 Å². The average Bonchev–Trinajstić information content (AvgIpc) is 0.776. The maximum atomic E-state index is 14.8. The first-order chi connectivity index (χ1) is 48.2. The van der Waals surface area contributed by atoms with E-state index in [0.717, 1.165) is 5.57 Å². The van der Waals surface area contributed by atoms with Crippen LogP contribution in [0.5, 0.6) is 0 Å². The molecule has 1 aliphatic carbocycles. The molecule has 28 heteroatoms. The summed E-state index contributed by atoms with van der Waals surface area (Å²) < 4.78 is 47.3. The summed E-state index contributed by atoms with van der Waals surface area (Å²) in [7, 11) is 6.29. The number of nitrogens with zero attached hydrogens (tertiary/aromatic N) is 6. The maximum absolute atomic E-state index is 14.8. The number of rotatable bonds is 23. The van der Waals surface area contributed by atoms with E-state index < -0.39 is 114 Å². The number of aliphatic hydroxyl groups excluding tert-OH is 2. The second-order valence-corrected chi connectivity index (χ2v) is 28.2. The molecule has 1 aromatic heterocycles. The molecule has 3 saturated heterocycles. The van der Waals surface area contributed by atoms with E-state index in [1.807, 2.05) is 56.1 Å². The number of aromatic nitrogens is 2. The van der Waals surface area contributed by atoms with Crippen LogP contribution in [0.4, 0.5) is 10.7 Å². The highest BCUT2D eigenvalue weighted by Crippen LogP contribution is 2.38. The highest BCUT2D eigenvalue weighted by Gasteiger charge is 2.53. The number of alkyl carbamates (subject to hydrolysis) is 1. The van der Waals surface area contributed by atoms with Gasteiger partial charge in [-0.15, -0.1) is 0 Å². The molecule has 0 aromatic carbocycles. The van der Waals surface area contributed by atoms with Gasteiger partial charge in [0.15, 0.2) is 5.78 Å². The Balaban J connectivity index is 1.06. The van der Waals surface area contributed by atoms with E-state index >= 15 is 0 Å². The lowest BCUT2D eigenvalue weighted by Gasteiger charge is -2.43. The van der Waals surface area contributed by atoms with Crippen molar-refractivity contribution in [3.8, 4) is 0 Å². The first kappa shape index (κ1) is 83.5. The number of carbonyl (C=O) groups excluding carboxylic acids is 8. The fourth-order valence-electron chi connectivity index (χ4n) is 13.8. The third-order valence-corrected chi connectivity index (χ3v) is 20.1. The van der Waals surface area contributed by atoms with Crippen LogP contribution in [0.15, 0.2) is 60.0 Å². The molecular weight excluding hydrogens is 1310 g/mol. The minimum atomic E-state index is -2.49. The Bertz CT molecular complexity index is 2980. The second-order valence-electron chi connectivity index (χ2n) is 28.2. The number of hydrogen-bond acceptors (Lipinski definition) is 24. The summed E-state index contributed by atoms with van der Waals surface area (Å²) in [5.41, 5.74) is 8.96. The number of piperidine rings is 1. The number of Topliss-reactive ketones (excluding diaryl/α,β-unsaturated/α-hetero) is 3. The molecule has 6 rings (SSSR count). The molecule has 0 radical (unpaired) electrons. The first-order valence-electron chi connectivity index (χ1n) is 35.9. The molecule has 16 atom stereocenters. The SMILES string of the molecule is CO[C@H]1C[C@@H]2CC[C@@H](C)[C@@](O)(O2)C(=O)C(=O)N2CCCC[C@H]2C(=O)O[C@H]([C@H](N)C[C@@H]2CC[C@@H](OC(=O)NCc3cnc(N4CCN(C(=O)CN(C)CC(=O)NCCOCCOCCC(C)=O)CC4)nc3)[C@H](OC)C2)C[C@@H](OC)[C@H](C)/C=C(\C)[C@@H](O)[C@@H](O)C(=O)[C@H](C)C[C@H](C)/C=C/C=CC=C1C. The number of aliphatic hydroxyl groups is 3. The van der Waals surface area contributed by atoms with Gasteiger partial charge in [0.2, 0.25) is 23.5 Å². The van der Waals surface area contributed by atoms with Crippen molar-refractivity contribution in [3.05, 3.63) is 65.6 Å². The summed E-state index contributed by atoms with van der Waals surface area (Å²) in [6.45, 7) is 15.9. The van der Waals surface area contributed by atoms with Gasteiger partial charge in [-0.3, -0.25) is 33.7 Å². The quantitative estimate of drug-likeness (QED) is 0.0389. The number of hydrogen-bond donors (Lipinski definition) is 6. The minimum Gasteiger partial charge on any atom is -0.459 e. The van der Waals surface area contributed by atoms with Gasteiger partial charge in [-0.25, -0.2) is 19.6 Å². The van der Waals surface area contributed by atoms with Crippen molar-refractivity contribution in [2.24, 2.45) is 35.3 Å². The van der Waals surface area contributed by atoms with E-state index in [1.165, 1.54) is 26.0 Å². The summed E-state index contributed by atoms with van der Waals surface area (Å²) in [4.78, 5) is 123. The van der Waals surface area contributed by atoms with E-state index in [2.05, 4.69) is 20.6 Å². The van der Waals surface area contributed by atoms with Gasteiger partial charge < -0.3 is 84.3 Å². The van der Waals surface area contributed by atoms with Crippen LogP contribution in [-0.4, -0.2) is 261 Å². The fourth-order valence-corrected chi connectivity index (χ4v) is 13.8. The van der Waals surface area contributed by atoms with Gasteiger partial charge in [-0.05, 0) is 115 Å². The zero-order valence-electron chi connectivity index (χ0n) is 61.3. The van der Waals surface area contributed by atoms with Gasteiger partial charge in [-0.1, -0.05) is 64.2 Å². The number of nitrogens with two attached hydrogens (primary N) is 1. The molecule has 0 unspecified atom stereocenters. The van der Waals surface area contributed by atoms with Crippen LogP contribution < -0.4 is 21.3 Å². The second kappa shape index (κ2) is 41.8. The summed E-state index contributed by atoms with van der Waals surface area (Å²) in [6.07, 6.45) is 11.2. The molecule has 4 fully saturated rings. The molecule has 0 spiro atoms. The number of ketones is 3. The number of cyclic esters (lactones) is 1. The van der Waals surface area contributed by atoms with Crippen molar-refractivity contribution < 1.29 is 91.6 Å². The topological polar surface area (TPSA) is 360 Å². The van der Waals surface area contributed by atoms with Gasteiger partial charge in [0.25, 0.3) is 11.7 Å². The van der Waals surface area contributed by atoms with Crippen LogP contribution in [0.3, 0.4) is 0 Å². The van der Waals surface area contributed by atoms with E-state index in [9.17, 15) is 53.7 Å². The van der Waals surface area contributed by atoms with Crippen LogP contribution >= 0.6 is 0 Å². The molecule has 4 amide bonds. The van der Waals surface area contributed by atoms with E-state index in [1.54, 1.807) is 63.2 Å². The third kappa shape index (κ3) is 25.7. The molecule has 5 heterocycles. The number of esters is 1. The number of carbonyl (C=O) groups is 8. The van der Waals surface area contributed by atoms with Crippen LogP contribution in [0, 0.1) is 29.6 Å². The van der Waals surface area contributed by atoms with E-state index in [0.29, 0.717) is 140 Å². The van der Waals surface area contributed by atoms with Crippen molar-refractivity contribution in [1.29, 1.82) is 0 Å². The van der Waals surface area contributed by atoms with Gasteiger partial charge in [-0.2, -0.15) is 0 Å². The van der Waals surface area contributed by atoms with Gasteiger partial charge >= 0.3 is 12.1 Å². The number of anilines is 1. The molecule has 2 bridgehead atoms. The number of amides is 4. The predicted octanol–water partition coefficient (Wildman–Crippen LogP) is 4.10. The smallest absolute Gasteiger partial charge is 0.407 e. The maximum Gasteiger partial charge on any atom is 0.407 e. The largest absolute Gasteiger partial charge is 0.459 e. The molecule has 1 saturated carbocycles. The number of allylic oxidation sites excluding steroid dienone is 5. The lowest BCUT2D eigenvalue weighted by atomic mass is 9.80. The monoisotopic (exact) mass is 1420 g/mol. The van der Waals surface area contributed by atoms with Crippen LogP contribution in [0.2, 0.25) is 0 Å². The van der Waals surface area contributed by atoms with Crippen molar-refractivity contribution in [2.45, 2.75) is 205 Å². The van der Waals surface area contributed by atoms with Crippen molar-refractivity contribution in [1.82, 2.24) is 35.3 Å². The molecule has 1 aromatic rings. The van der Waals surface area contributed by atoms with Crippen molar-refractivity contribution >= 4 is 53.1 Å². The Morgan fingerprint density at radius 3 is 2.16 bits per heavy atom. The minimum absolute atomic E-state index is 0.0269. The average molecular weight is 1420 g/mol. The zero-order valence-corrected chi connectivity index (χ0v) is 61.3. The molecule has 566 valence electrons. The number of piperazine rings is 1. The van der Waals surface area contributed by atoms with Gasteiger partial charge in [0, 0.05) is 128 Å². The standard InChI is InChI=1S/C73H115N9O19/c1-46-17-13-12-14-18-47(2)59(94-9)39-55-22-20-51(6)73(93,101-55)68(89)69(90)82-26-16-15-19-57(82)70(91)99-61(40-60(95-10)48(3)36-50(5)66(87)67(88)65(86)49(4)35-46)56(74)37-53-21-23-58(62(38-53)96-11)100-72(92)78-43-54-41-76-71(77-42-54)81-29-27-80(28-30-81)64(85)45-79(8)44-63(84)75-25-32-98-34-33-97-31-24-52(7)83/h12-14,17-18,36,41-42,46,48-49,51,53,55-62,66-67,87-88,93H,15-16,19-35,37-40,43-45,74H2,1-11H3,(H,75,84)(H,78,92)/b14-12?,17-13+,47-18?,50-36+/t46-,48-,49-,51-,53+,55+,56-,57+,58-,59+,60-,61+,62-,66-,67+,73-/m1/s1.